The lowest BCUT2D eigenvalue weighted by Gasteiger charge is -2.13. The highest BCUT2D eigenvalue weighted by atomic mass is 16.2. The fraction of sp³-hybridized carbons (Fsp3) is 0.429. The van der Waals surface area contributed by atoms with Gasteiger partial charge in [0.05, 0.1) is 17.6 Å². The number of aromatic nitrogens is 4. The number of anilines is 1. The van der Waals surface area contributed by atoms with Gasteiger partial charge < -0.3 is 10.2 Å². The minimum absolute atomic E-state index is 0.0841. The molecule has 2 heterocycles. The molecule has 0 bridgehead atoms. The predicted octanol–water partition coefficient (Wildman–Crippen LogP) is 0.748. The highest BCUT2D eigenvalue weighted by Gasteiger charge is 2.21. The van der Waals surface area contributed by atoms with Crippen molar-refractivity contribution in [1.29, 1.82) is 0 Å². The van der Waals surface area contributed by atoms with Crippen molar-refractivity contribution in [1.82, 2.24) is 24.5 Å². The van der Waals surface area contributed by atoms with E-state index in [4.69, 9.17) is 0 Å². The summed E-state index contributed by atoms with van der Waals surface area (Å²) in [6, 6.07) is 1.82. The molecule has 0 aliphatic carbocycles. The van der Waals surface area contributed by atoms with Crippen LogP contribution < -0.4 is 5.32 Å². The van der Waals surface area contributed by atoms with Gasteiger partial charge in [0.1, 0.15) is 12.2 Å². The van der Waals surface area contributed by atoms with Crippen molar-refractivity contribution in [3.05, 3.63) is 29.8 Å². The Labute approximate surface area is 128 Å². The lowest BCUT2D eigenvalue weighted by atomic mass is 10.3. The molecule has 0 aliphatic rings. The van der Waals surface area contributed by atoms with E-state index in [1.165, 1.54) is 11.1 Å². The fourth-order valence-corrected chi connectivity index (χ4v) is 2.04. The number of aryl methyl sites for hydroxylation is 2. The fourth-order valence-electron chi connectivity index (χ4n) is 2.04. The third-order valence-electron chi connectivity index (χ3n) is 3.10. The number of carbonyl (C=O) groups is 2. The number of rotatable bonds is 5. The molecule has 2 rings (SSSR count). The molecule has 0 saturated heterocycles. The Hall–Kier alpha value is -2.64. The summed E-state index contributed by atoms with van der Waals surface area (Å²) in [6.07, 6.45) is 3.22. The molecule has 0 atom stereocenters. The summed E-state index contributed by atoms with van der Waals surface area (Å²) in [6.45, 7) is 4.37. The zero-order chi connectivity index (χ0) is 16.3. The topological polar surface area (TPSA) is 85.0 Å². The van der Waals surface area contributed by atoms with Crippen molar-refractivity contribution in [2.75, 3.05) is 19.4 Å². The molecule has 118 valence electrons. The molecule has 2 amide bonds. The van der Waals surface area contributed by atoms with Crippen molar-refractivity contribution in [3.63, 3.8) is 0 Å². The van der Waals surface area contributed by atoms with Gasteiger partial charge in [-0.05, 0) is 19.9 Å². The second-order valence-corrected chi connectivity index (χ2v) is 5.13. The van der Waals surface area contributed by atoms with E-state index >= 15 is 0 Å². The van der Waals surface area contributed by atoms with Gasteiger partial charge in [0.2, 0.25) is 5.91 Å². The van der Waals surface area contributed by atoms with E-state index in [0.29, 0.717) is 17.9 Å². The van der Waals surface area contributed by atoms with Crippen molar-refractivity contribution < 1.29 is 9.59 Å². The Bertz CT molecular complexity index is 685. The van der Waals surface area contributed by atoms with E-state index in [2.05, 4.69) is 15.5 Å². The maximum atomic E-state index is 12.2. The number of hydrogen-bond acceptors (Lipinski definition) is 4. The van der Waals surface area contributed by atoms with Crippen molar-refractivity contribution in [2.45, 2.75) is 26.9 Å². The van der Waals surface area contributed by atoms with Crippen molar-refractivity contribution in [2.24, 2.45) is 0 Å². The third kappa shape index (κ3) is 3.33. The summed E-state index contributed by atoms with van der Waals surface area (Å²) in [5.41, 5.74) is 1.63. The SMILES string of the molecule is CCn1ncc(NC(=O)Cn2ccc(C)n2)c1C(=O)N(C)C. The molecule has 2 aromatic heterocycles. The number of carbonyl (C=O) groups excluding carboxylic acids is 2. The zero-order valence-electron chi connectivity index (χ0n) is 13.2. The molecular weight excluding hydrogens is 284 g/mol. The summed E-state index contributed by atoms with van der Waals surface area (Å²) in [4.78, 5) is 25.8. The molecule has 0 unspecified atom stereocenters. The largest absolute Gasteiger partial charge is 0.343 e. The second kappa shape index (κ2) is 6.42. The summed E-state index contributed by atoms with van der Waals surface area (Å²) in [5, 5.41) is 11.0. The van der Waals surface area contributed by atoms with Crippen LogP contribution in [0.15, 0.2) is 18.5 Å². The standard InChI is InChI=1S/C14H20N6O2/c1-5-20-13(14(22)18(3)4)11(8-15-20)16-12(21)9-19-7-6-10(2)17-19/h6-8H,5,9H2,1-4H3,(H,16,21). The number of amides is 2. The van der Waals surface area contributed by atoms with Gasteiger partial charge >= 0.3 is 0 Å². The van der Waals surface area contributed by atoms with Gasteiger partial charge in [0, 0.05) is 26.8 Å². The average molecular weight is 304 g/mol. The molecule has 1 N–H and O–H groups in total. The van der Waals surface area contributed by atoms with E-state index in [1.807, 2.05) is 19.9 Å². The lowest BCUT2D eigenvalue weighted by Crippen LogP contribution is -2.27. The van der Waals surface area contributed by atoms with Gasteiger partial charge in [-0.2, -0.15) is 10.2 Å². The highest BCUT2D eigenvalue weighted by molar-refractivity contribution is 6.02. The molecule has 2 aromatic rings. The minimum atomic E-state index is -0.258. The van der Waals surface area contributed by atoms with E-state index in [0.717, 1.165) is 5.69 Å². The summed E-state index contributed by atoms with van der Waals surface area (Å²) in [5.74, 6) is -0.462. The molecule has 0 saturated carbocycles. The number of nitrogens with zero attached hydrogens (tertiary/aromatic N) is 5. The monoisotopic (exact) mass is 304 g/mol. The van der Waals surface area contributed by atoms with Gasteiger partial charge in [0.15, 0.2) is 0 Å². The molecule has 0 fully saturated rings. The van der Waals surface area contributed by atoms with Crippen LogP contribution in [0.3, 0.4) is 0 Å². The van der Waals surface area contributed by atoms with Crippen LogP contribution in [-0.4, -0.2) is 50.4 Å². The summed E-state index contributed by atoms with van der Waals surface area (Å²) >= 11 is 0. The van der Waals surface area contributed by atoms with Crippen LogP contribution >= 0.6 is 0 Å². The second-order valence-electron chi connectivity index (χ2n) is 5.13. The molecule has 0 aliphatic heterocycles. The zero-order valence-corrected chi connectivity index (χ0v) is 13.2. The van der Waals surface area contributed by atoms with Crippen molar-refractivity contribution in [3.8, 4) is 0 Å². The summed E-state index contributed by atoms with van der Waals surface area (Å²) < 4.78 is 3.11. The molecular formula is C14H20N6O2. The van der Waals surface area contributed by atoms with Gasteiger partial charge in [-0.25, -0.2) is 0 Å². The Kier molecular flexibility index (Phi) is 4.59. The van der Waals surface area contributed by atoms with Crippen LogP contribution in [0.25, 0.3) is 0 Å². The first-order chi connectivity index (χ1) is 10.4. The van der Waals surface area contributed by atoms with Crippen LogP contribution in [-0.2, 0) is 17.9 Å². The van der Waals surface area contributed by atoms with Gasteiger partial charge in [-0.15, -0.1) is 0 Å². The van der Waals surface area contributed by atoms with Gasteiger partial charge in [-0.1, -0.05) is 0 Å². The van der Waals surface area contributed by atoms with Crippen LogP contribution in [0, 0.1) is 6.92 Å². The molecule has 0 aromatic carbocycles. The molecule has 8 heteroatoms. The molecule has 8 nitrogen and oxygen atoms in total. The lowest BCUT2D eigenvalue weighted by molar-refractivity contribution is -0.116. The Morgan fingerprint density at radius 2 is 2.09 bits per heavy atom. The Balaban J connectivity index is 2.17. The van der Waals surface area contributed by atoms with E-state index in [9.17, 15) is 9.59 Å². The quantitative estimate of drug-likeness (QED) is 0.883. The summed E-state index contributed by atoms with van der Waals surface area (Å²) in [7, 11) is 3.32. The first-order valence-corrected chi connectivity index (χ1v) is 6.99. The maximum Gasteiger partial charge on any atom is 0.273 e. The van der Waals surface area contributed by atoms with E-state index in [1.54, 1.807) is 29.7 Å². The van der Waals surface area contributed by atoms with Crippen molar-refractivity contribution >= 4 is 17.5 Å². The average Bonchev–Trinajstić information content (AvgIpc) is 3.04. The van der Waals surface area contributed by atoms with Crippen LogP contribution in [0.5, 0.6) is 0 Å². The number of hydrogen-bond donors (Lipinski definition) is 1. The van der Waals surface area contributed by atoms with Gasteiger partial charge in [0.25, 0.3) is 5.91 Å². The van der Waals surface area contributed by atoms with Crippen LogP contribution in [0.2, 0.25) is 0 Å². The van der Waals surface area contributed by atoms with E-state index in [-0.39, 0.29) is 18.4 Å². The smallest absolute Gasteiger partial charge is 0.273 e. The normalized spacial score (nSPS) is 10.5. The number of nitrogens with one attached hydrogen (secondary N) is 1. The van der Waals surface area contributed by atoms with Crippen LogP contribution in [0.1, 0.15) is 23.1 Å². The Morgan fingerprint density at radius 1 is 1.36 bits per heavy atom. The van der Waals surface area contributed by atoms with Crippen LogP contribution in [0.4, 0.5) is 5.69 Å². The van der Waals surface area contributed by atoms with E-state index < -0.39 is 0 Å². The molecule has 0 spiro atoms. The highest BCUT2D eigenvalue weighted by Crippen LogP contribution is 2.16. The first kappa shape index (κ1) is 15.7. The minimum Gasteiger partial charge on any atom is -0.343 e. The first-order valence-electron chi connectivity index (χ1n) is 6.99. The molecule has 0 radical (unpaired) electrons. The Morgan fingerprint density at radius 3 is 2.64 bits per heavy atom. The van der Waals surface area contributed by atoms with Gasteiger partial charge in [-0.3, -0.25) is 19.0 Å². The predicted molar refractivity (Wildman–Crippen MR) is 81.5 cm³/mol. The maximum absolute atomic E-state index is 12.2. The third-order valence-corrected chi connectivity index (χ3v) is 3.10. The molecule has 22 heavy (non-hydrogen) atoms.